The van der Waals surface area contributed by atoms with Crippen molar-refractivity contribution in [2.75, 3.05) is 5.32 Å². The maximum Gasteiger partial charge on any atom is 0.277 e. The van der Waals surface area contributed by atoms with Crippen LogP contribution in [0.2, 0.25) is 0 Å². The van der Waals surface area contributed by atoms with Gasteiger partial charge in [-0.25, -0.2) is 0 Å². The third-order valence-electron chi connectivity index (χ3n) is 5.41. The molecule has 0 unspecified atom stereocenters. The predicted octanol–water partition coefficient (Wildman–Crippen LogP) is 4.18. The number of amides is 2. The molecule has 1 aromatic carbocycles. The predicted molar refractivity (Wildman–Crippen MR) is 102 cm³/mol. The third-order valence-corrected chi connectivity index (χ3v) is 5.41. The lowest BCUT2D eigenvalue weighted by atomic mass is 9.95. The summed E-state index contributed by atoms with van der Waals surface area (Å²) in [7, 11) is 0. The van der Waals surface area contributed by atoms with Gasteiger partial charge < -0.3 is 15.2 Å². The summed E-state index contributed by atoms with van der Waals surface area (Å²) >= 11 is 0. The molecule has 1 heterocycles. The van der Waals surface area contributed by atoms with Crippen molar-refractivity contribution < 1.29 is 14.1 Å². The van der Waals surface area contributed by atoms with Gasteiger partial charge in [0.2, 0.25) is 0 Å². The smallest absolute Gasteiger partial charge is 0.277 e. The molecular weight excluding hydrogens is 342 g/mol. The molecule has 6 heteroatoms. The van der Waals surface area contributed by atoms with Crippen LogP contribution in [0.25, 0.3) is 0 Å². The van der Waals surface area contributed by atoms with Crippen LogP contribution in [0.15, 0.2) is 28.8 Å². The molecule has 0 spiro atoms. The highest BCUT2D eigenvalue weighted by Crippen LogP contribution is 2.40. The summed E-state index contributed by atoms with van der Waals surface area (Å²) in [6.45, 7) is 1.88. The number of nitrogens with zero attached hydrogens (tertiary/aromatic N) is 1. The monoisotopic (exact) mass is 367 g/mol. The Morgan fingerprint density at radius 2 is 1.81 bits per heavy atom. The van der Waals surface area contributed by atoms with Crippen molar-refractivity contribution >= 4 is 17.5 Å². The number of nitrogens with one attached hydrogen (secondary N) is 2. The quantitative estimate of drug-likeness (QED) is 0.830. The molecule has 6 nitrogen and oxygen atoms in total. The zero-order valence-corrected chi connectivity index (χ0v) is 15.6. The van der Waals surface area contributed by atoms with Crippen LogP contribution in [0, 0.1) is 6.92 Å². The highest BCUT2D eigenvalue weighted by Gasteiger charge is 2.29. The molecule has 2 aliphatic carbocycles. The minimum Gasteiger partial charge on any atom is -0.360 e. The van der Waals surface area contributed by atoms with Crippen LogP contribution in [-0.2, 0) is 0 Å². The number of carbonyl (C=O) groups is 2. The van der Waals surface area contributed by atoms with E-state index in [1.54, 1.807) is 18.2 Å². The molecule has 0 radical (unpaired) electrons. The van der Waals surface area contributed by atoms with Crippen molar-refractivity contribution in [3.63, 3.8) is 0 Å². The van der Waals surface area contributed by atoms with Crippen LogP contribution in [0.5, 0.6) is 0 Å². The Labute approximate surface area is 158 Å². The van der Waals surface area contributed by atoms with E-state index in [0.717, 1.165) is 37.0 Å². The van der Waals surface area contributed by atoms with Crippen LogP contribution in [0.4, 0.5) is 5.69 Å². The van der Waals surface area contributed by atoms with E-state index in [0.29, 0.717) is 17.2 Å². The molecule has 0 atom stereocenters. The van der Waals surface area contributed by atoms with Crippen LogP contribution >= 0.6 is 0 Å². The average Bonchev–Trinajstić information content (AvgIpc) is 3.39. The number of anilines is 1. The van der Waals surface area contributed by atoms with Gasteiger partial charge >= 0.3 is 0 Å². The minimum atomic E-state index is -0.301. The van der Waals surface area contributed by atoms with E-state index in [4.69, 9.17) is 4.52 Å². The van der Waals surface area contributed by atoms with Crippen molar-refractivity contribution in [2.45, 2.75) is 63.8 Å². The zero-order chi connectivity index (χ0) is 18.8. The molecule has 2 aliphatic rings. The van der Waals surface area contributed by atoms with Gasteiger partial charge in [-0.05, 0) is 56.4 Å². The number of rotatable bonds is 5. The van der Waals surface area contributed by atoms with Gasteiger partial charge in [-0.3, -0.25) is 9.59 Å². The average molecular weight is 367 g/mol. The van der Waals surface area contributed by atoms with Gasteiger partial charge in [-0.2, -0.15) is 0 Å². The van der Waals surface area contributed by atoms with E-state index in [-0.39, 0.29) is 23.6 Å². The molecule has 1 aromatic heterocycles. The van der Waals surface area contributed by atoms with Gasteiger partial charge in [0.25, 0.3) is 11.8 Å². The van der Waals surface area contributed by atoms with Crippen LogP contribution < -0.4 is 10.6 Å². The van der Waals surface area contributed by atoms with Gasteiger partial charge in [0.05, 0.1) is 0 Å². The van der Waals surface area contributed by atoms with E-state index < -0.39 is 0 Å². The first-order valence-corrected chi connectivity index (χ1v) is 9.79. The maximum atomic E-state index is 12.5. The first kappa shape index (κ1) is 17.8. The largest absolute Gasteiger partial charge is 0.360 e. The second kappa shape index (κ2) is 7.55. The summed E-state index contributed by atoms with van der Waals surface area (Å²) in [6.07, 6.45) is 7.92. The van der Waals surface area contributed by atoms with Crippen molar-refractivity contribution in [1.82, 2.24) is 10.5 Å². The topological polar surface area (TPSA) is 84.2 Å². The fourth-order valence-electron chi connectivity index (χ4n) is 3.66. The second-order valence-electron chi connectivity index (χ2n) is 7.68. The first-order valence-electron chi connectivity index (χ1n) is 9.79. The van der Waals surface area contributed by atoms with Crippen molar-refractivity contribution in [3.05, 3.63) is 46.8 Å². The highest BCUT2D eigenvalue weighted by atomic mass is 16.5. The van der Waals surface area contributed by atoms with Crippen LogP contribution in [-0.4, -0.2) is 23.0 Å². The van der Waals surface area contributed by atoms with Gasteiger partial charge in [0.1, 0.15) is 5.76 Å². The molecule has 142 valence electrons. The molecular formula is C21H25N3O3. The normalized spacial score (nSPS) is 17.5. The summed E-state index contributed by atoms with van der Waals surface area (Å²) in [4.78, 5) is 24.9. The molecule has 4 rings (SSSR count). The SMILES string of the molecule is Cc1cc(NC(=O)c2cc(C3CC3)on2)ccc1C(=O)NC1CCCCC1. The Hall–Kier alpha value is -2.63. The summed E-state index contributed by atoms with van der Waals surface area (Å²) in [5, 5.41) is 9.81. The van der Waals surface area contributed by atoms with Crippen molar-refractivity contribution in [2.24, 2.45) is 0 Å². The molecule has 2 saturated carbocycles. The van der Waals surface area contributed by atoms with E-state index in [1.165, 1.54) is 19.3 Å². The van der Waals surface area contributed by atoms with Gasteiger partial charge in [0.15, 0.2) is 5.69 Å². The lowest BCUT2D eigenvalue weighted by molar-refractivity contribution is 0.0926. The molecule has 0 aliphatic heterocycles. The summed E-state index contributed by atoms with van der Waals surface area (Å²) in [5.41, 5.74) is 2.41. The van der Waals surface area contributed by atoms with Gasteiger partial charge in [-0.1, -0.05) is 24.4 Å². The maximum absolute atomic E-state index is 12.5. The Morgan fingerprint density at radius 1 is 1.04 bits per heavy atom. The molecule has 27 heavy (non-hydrogen) atoms. The number of carbonyl (C=O) groups excluding carboxylic acids is 2. The fraction of sp³-hybridized carbons (Fsp3) is 0.476. The Kier molecular flexibility index (Phi) is 4.97. The molecule has 0 saturated heterocycles. The minimum absolute atomic E-state index is 0.0390. The van der Waals surface area contributed by atoms with Crippen molar-refractivity contribution in [1.29, 1.82) is 0 Å². The molecule has 2 amide bonds. The molecule has 2 aromatic rings. The number of aryl methyl sites for hydroxylation is 1. The summed E-state index contributed by atoms with van der Waals surface area (Å²) < 4.78 is 5.23. The van der Waals surface area contributed by atoms with E-state index in [2.05, 4.69) is 15.8 Å². The second-order valence-corrected chi connectivity index (χ2v) is 7.68. The van der Waals surface area contributed by atoms with E-state index in [1.807, 2.05) is 13.0 Å². The Balaban J connectivity index is 1.39. The van der Waals surface area contributed by atoms with Gasteiger partial charge in [-0.15, -0.1) is 0 Å². The fourth-order valence-corrected chi connectivity index (χ4v) is 3.66. The lowest BCUT2D eigenvalue weighted by Crippen LogP contribution is -2.36. The zero-order valence-electron chi connectivity index (χ0n) is 15.6. The van der Waals surface area contributed by atoms with Gasteiger partial charge in [0, 0.05) is 29.3 Å². The van der Waals surface area contributed by atoms with E-state index in [9.17, 15) is 9.59 Å². The third kappa shape index (κ3) is 4.21. The summed E-state index contributed by atoms with van der Waals surface area (Å²) in [5.74, 6) is 0.863. The highest BCUT2D eigenvalue weighted by molar-refractivity contribution is 6.03. The Morgan fingerprint density at radius 3 is 2.52 bits per heavy atom. The van der Waals surface area contributed by atoms with E-state index >= 15 is 0 Å². The number of aromatic nitrogens is 1. The number of hydrogen-bond donors (Lipinski definition) is 2. The van der Waals surface area contributed by atoms with Crippen LogP contribution in [0.1, 0.15) is 83.0 Å². The number of hydrogen-bond acceptors (Lipinski definition) is 4. The molecule has 2 fully saturated rings. The molecule has 0 bridgehead atoms. The Bertz CT molecular complexity index is 848. The molecule has 2 N–H and O–H groups in total. The first-order chi connectivity index (χ1) is 13.1. The van der Waals surface area contributed by atoms with Crippen molar-refractivity contribution in [3.8, 4) is 0 Å². The summed E-state index contributed by atoms with van der Waals surface area (Å²) in [6, 6.07) is 7.32. The lowest BCUT2D eigenvalue weighted by Gasteiger charge is -2.23. The standard InChI is InChI=1S/C21H25N3O3/c1-13-11-16(23-21(26)18-12-19(27-24-18)14-7-8-14)9-10-17(13)20(25)22-15-5-3-2-4-6-15/h9-12,14-15H,2-8H2,1H3,(H,22,25)(H,23,26). The van der Waals surface area contributed by atoms with Crippen LogP contribution in [0.3, 0.4) is 0 Å². The number of benzene rings is 1.